The SMILES string of the molecule is CCCCC[SiH](C1=[C-]CC=C1CC)c1cc(C)cc(C)c1.[Cl-].[Cl-].[Cl-].[Ti+4]. The number of aryl methyl sites for hydroxylation is 2. The maximum absolute atomic E-state index is 3.71. The molecule has 0 saturated heterocycles. The molecule has 0 aromatic heterocycles. The minimum atomic E-state index is -1.07. The predicted octanol–water partition coefficient (Wildman–Crippen LogP) is -4.05. The van der Waals surface area contributed by atoms with Crippen molar-refractivity contribution in [2.45, 2.75) is 65.8 Å². The van der Waals surface area contributed by atoms with Crippen LogP contribution < -0.4 is 42.4 Å². The third-order valence-electron chi connectivity index (χ3n) is 4.46. The molecule has 0 spiro atoms. The van der Waals surface area contributed by atoms with Crippen molar-refractivity contribution in [1.82, 2.24) is 0 Å². The molecule has 0 amide bonds. The van der Waals surface area contributed by atoms with Gasteiger partial charge in [0.25, 0.3) is 0 Å². The summed E-state index contributed by atoms with van der Waals surface area (Å²) in [7, 11) is -1.07. The number of hydrogen-bond acceptors (Lipinski definition) is 0. The van der Waals surface area contributed by atoms with Crippen LogP contribution in [0.3, 0.4) is 0 Å². The summed E-state index contributed by atoms with van der Waals surface area (Å²) in [6.45, 7) is 9.05. The zero-order valence-corrected chi connectivity index (χ0v) is 20.7. The second-order valence-corrected chi connectivity index (χ2v) is 9.27. The topological polar surface area (TPSA) is 0 Å². The third-order valence-corrected chi connectivity index (χ3v) is 7.85. The molecule has 1 aliphatic rings. The van der Waals surface area contributed by atoms with E-state index in [9.17, 15) is 0 Å². The van der Waals surface area contributed by atoms with Crippen molar-refractivity contribution in [1.29, 1.82) is 0 Å². The van der Waals surface area contributed by atoms with E-state index in [1.165, 1.54) is 42.9 Å². The number of rotatable bonds is 7. The molecule has 0 radical (unpaired) electrons. The molecule has 1 aromatic rings. The first-order valence-corrected chi connectivity index (χ1v) is 10.5. The third kappa shape index (κ3) is 8.82. The van der Waals surface area contributed by atoms with E-state index < -0.39 is 8.80 Å². The molecule has 5 heteroatoms. The maximum Gasteiger partial charge on any atom is 4.00 e. The summed E-state index contributed by atoms with van der Waals surface area (Å²) in [4.78, 5) is 0. The summed E-state index contributed by atoms with van der Waals surface area (Å²) in [5, 5.41) is 3.26. The van der Waals surface area contributed by atoms with Gasteiger partial charge in [-0.05, 0) is 13.8 Å². The van der Waals surface area contributed by atoms with E-state index in [1.807, 2.05) is 0 Å². The first-order valence-electron chi connectivity index (χ1n) is 8.54. The van der Waals surface area contributed by atoms with Gasteiger partial charge in [0.05, 0.1) is 8.80 Å². The van der Waals surface area contributed by atoms with Crippen molar-refractivity contribution in [3.05, 3.63) is 52.2 Å². The smallest absolute Gasteiger partial charge is 1.00 e. The molecule has 0 bridgehead atoms. The summed E-state index contributed by atoms with van der Waals surface area (Å²) in [6.07, 6.45) is 12.4. The Bertz CT molecular complexity index is 536. The fraction of sp³-hybridized carbons (Fsp3) is 0.500. The number of unbranched alkanes of at least 4 members (excludes halogenated alkanes) is 2. The molecule has 1 atom stereocenters. The average Bonchev–Trinajstić information content (AvgIpc) is 2.90. The van der Waals surface area contributed by atoms with Crippen LogP contribution in [0.2, 0.25) is 6.04 Å². The van der Waals surface area contributed by atoms with Crippen LogP contribution in [-0.4, -0.2) is 8.80 Å². The molecule has 0 nitrogen and oxygen atoms in total. The van der Waals surface area contributed by atoms with E-state index in [4.69, 9.17) is 0 Å². The van der Waals surface area contributed by atoms with Crippen LogP contribution in [0.4, 0.5) is 0 Å². The molecule has 0 heterocycles. The zero-order valence-electron chi connectivity index (χ0n) is 15.8. The van der Waals surface area contributed by atoms with Crippen molar-refractivity contribution >= 4 is 14.0 Å². The molecule has 0 N–H and O–H groups in total. The second kappa shape index (κ2) is 15.5. The van der Waals surface area contributed by atoms with Gasteiger partial charge in [-0.1, -0.05) is 80.1 Å². The number of halogens is 3. The normalized spacial score (nSPS) is 13.3. The van der Waals surface area contributed by atoms with Gasteiger partial charge < -0.3 is 37.2 Å². The average molecular weight is 452 g/mol. The van der Waals surface area contributed by atoms with E-state index in [0.29, 0.717) is 0 Å². The van der Waals surface area contributed by atoms with Crippen LogP contribution in [0.25, 0.3) is 0 Å². The Hall–Kier alpha value is 0.501. The van der Waals surface area contributed by atoms with E-state index in [1.54, 1.807) is 16.0 Å². The molecule has 0 aliphatic heterocycles. The van der Waals surface area contributed by atoms with E-state index >= 15 is 0 Å². The predicted molar refractivity (Wildman–Crippen MR) is 96.8 cm³/mol. The zero-order chi connectivity index (χ0) is 15.2. The Balaban J connectivity index is -0.00000121. The van der Waals surface area contributed by atoms with Gasteiger partial charge in [-0.3, -0.25) is 6.08 Å². The minimum Gasteiger partial charge on any atom is -1.00 e. The Morgan fingerprint density at radius 1 is 0.960 bits per heavy atom. The number of allylic oxidation sites excluding steroid dienone is 4. The summed E-state index contributed by atoms with van der Waals surface area (Å²) in [5.41, 5.74) is 4.42. The van der Waals surface area contributed by atoms with Gasteiger partial charge in [-0.2, -0.15) is 6.08 Å². The standard InChI is InChI=1S/C20H29Si.3ClH.Ti/c1-5-7-8-12-21(20-11-9-10-18(20)6-2)19-14-16(3)13-17(4)15-19;;;;/h10,13-15,21H,5-9,12H2,1-4H3;3*1H;/q-1;;;;+4/p-3. The van der Waals surface area contributed by atoms with Gasteiger partial charge >= 0.3 is 21.7 Å². The van der Waals surface area contributed by atoms with Crippen molar-refractivity contribution in [3.8, 4) is 0 Å². The summed E-state index contributed by atoms with van der Waals surface area (Å²) >= 11 is 0. The Morgan fingerprint density at radius 2 is 1.56 bits per heavy atom. The Kier molecular flexibility index (Phi) is 18.8. The fourth-order valence-electron chi connectivity index (χ4n) is 3.48. The van der Waals surface area contributed by atoms with Crippen LogP contribution in [0.5, 0.6) is 0 Å². The van der Waals surface area contributed by atoms with Crippen LogP contribution in [-0.2, 0) is 21.7 Å². The van der Waals surface area contributed by atoms with E-state index in [-0.39, 0.29) is 58.9 Å². The van der Waals surface area contributed by atoms with Crippen LogP contribution in [0.15, 0.2) is 35.0 Å². The molecule has 138 valence electrons. The molecule has 25 heavy (non-hydrogen) atoms. The summed E-state index contributed by atoms with van der Waals surface area (Å²) in [6, 6.07) is 8.58. The Morgan fingerprint density at radius 3 is 2.08 bits per heavy atom. The van der Waals surface area contributed by atoms with Crippen LogP contribution in [0, 0.1) is 19.9 Å². The molecule has 1 aliphatic carbocycles. The van der Waals surface area contributed by atoms with E-state index in [2.05, 4.69) is 58.0 Å². The van der Waals surface area contributed by atoms with Crippen molar-refractivity contribution in [2.75, 3.05) is 0 Å². The number of benzene rings is 1. The molecule has 1 aromatic carbocycles. The minimum absolute atomic E-state index is 0. The molecular weight excluding hydrogens is 423 g/mol. The van der Waals surface area contributed by atoms with Crippen molar-refractivity contribution < 1.29 is 58.9 Å². The molecule has 2 rings (SSSR count). The maximum atomic E-state index is 3.71. The number of hydrogen-bond donors (Lipinski definition) is 0. The first-order chi connectivity index (χ1) is 10.2. The molecule has 0 fully saturated rings. The van der Waals surface area contributed by atoms with Crippen molar-refractivity contribution in [2.24, 2.45) is 0 Å². The van der Waals surface area contributed by atoms with Gasteiger partial charge in [0.15, 0.2) is 0 Å². The van der Waals surface area contributed by atoms with Gasteiger partial charge in [0.1, 0.15) is 0 Å². The van der Waals surface area contributed by atoms with Gasteiger partial charge in [0, 0.05) is 0 Å². The Labute approximate surface area is 190 Å². The molecule has 0 saturated carbocycles. The van der Waals surface area contributed by atoms with Crippen LogP contribution >= 0.6 is 0 Å². The summed E-state index contributed by atoms with van der Waals surface area (Å²) < 4.78 is 0. The monoisotopic (exact) mass is 450 g/mol. The molecule has 1 unspecified atom stereocenters. The quantitative estimate of drug-likeness (QED) is 0.225. The van der Waals surface area contributed by atoms with E-state index in [0.717, 1.165) is 6.42 Å². The van der Waals surface area contributed by atoms with Gasteiger partial charge in [0.2, 0.25) is 0 Å². The van der Waals surface area contributed by atoms with Gasteiger partial charge in [-0.25, -0.2) is 10.8 Å². The van der Waals surface area contributed by atoms with Gasteiger partial charge in [-0.15, -0.1) is 6.42 Å². The largest absolute Gasteiger partial charge is 4.00 e. The van der Waals surface area contributed by atoms with Crippen LogP contribution in [0.1, 0.15) is 57.1 Å². The first kappa shape index (κ1) is 30.2. The van der Waals surface area contributed by atoms with Crippen molar-refractivity contribution in [3.63, 3.8) is 0 Å². The fourth-order valence-corrected chi connectivity index (χ4v) is 7.19. The molecular formula is C20H29Cl3SiTi. The summed E-state index contributed by atoms with van der Waals surface area (Å²) in [5.74, 6) is 0. The second-order valence-electron chi connectivity index (χ2n) is 6.35.